The molecule has 1 aromatic heterocycles. The van der Waals surface area contributed by atoms with Crippen LogP contribution in [-0.4, -0.2) is 14.9 Å². The Kier molecular flexibility index (Phi) is 3.06. The van der Waals surface area contributed by atoms with Crippen molar-refractivity contribution >= 4 is 5.78 Å². The molecule has 0 fully saturated rings. The minimum Gasteiger partial charge on any atom is -0.300 e. The first-order valence-electron chi connectivity index (χ1n) is 4.46. The molecule has 1 rings (SSSR count). The second-order valence-electron chi connectivity index (χ2n) is 2.89. The maximum atomic E-state index is 11.4. The van der Waals surface area contributed by atoms with Crippen LogP contribution in [0.1, 0.15) is 20.3 Å². The summed E-state index contributed by atoms with van der Waals surface area (Å²) < 4.78 is 3.01. The zero-order valence-corrected chi connectivity index (χ0v) is 7.99. The number of rotatable bonds is 4. The molecule has 0 atom stereocenters. The largest absolute Gasteiger partial charge is 0.328 e. The van der Waals surface area contributed by atoms with Gasteiger partial charge >= 0.3 is 5.69 Å². The molecular weight excluding hydrogens is 168 g/mol. The Labute approximate surface area is 76.8 Å². The normalized spacial score (nSPS) is 10.3. The fourth-order valence-electron chi connectivity index (χ4n) is 1.12. The van der Waals surface area contributed by atoms with Crippen LogP contribution in [0.15, 0.2) is 17.2 Å². The van der Waals surface area contributed by atoms with E-state index in [1.54, 1.807) is 23.9 Å². The molecule has 0 bridgehead atoms. The predicted molar refractivity (Wildman–Crippen MR) is 49.7 cm³/mol. The molecule has 1 aromatic rings. The second-order valence-corrected chi connectivity index (χ2v) is 2.89. The number of carbonyl (C=O) groups excluding carboxylic acids is 1. The number of ketones is 1. The first-order chi connectivity index (χ1) is 6.19. The number of imidazole rings is 1. The van der Waals surface area contributed by atoms with Gasteiger partial charge in [0.1, 0.15) is 0 Å². The molecule has 13 heavy (non-hydrogen) atoms. The van der Waals surface area contributed by atoms with Crippen molar-refractivity contribution in [3.63, 3.8) is 0 Å². The van der Waals surface area contributed by atoms with Crippen LogP contribution in [0.25, 0.3) is 0 Å². The summed E-state index contributed by atoms with van der Waals surface area (Å²) in [6.45, 7) is 4.53. The Morgan fingerprint density at radius 1 is 1.31 bits per heavy atom. The number of aromatic nitrogens is 2. The molecule has 1 heterocycles. The van der Waals surface area contributed by atoms with Crippen LogP contribution in [0.3, 0.4) is 0 Å². The van der Waals surface area contributed by atoms with E-state index in [1.165, 1.54) is 4.57 Å². The van der Waals surface area contributed by atoms with Gasteiger partial charge in [-0.1, -0.05) is 6.92 Å². The number of carbonyl (C=O) groups is 1. The van der Waals surface area contributed by atoms with Crippen LogP contribution in [0.4, 0.5) is 0 Å². The Balaban J connectivity index is 2.84. The van der Waals surface area contributed by atoms with Crippen molar-refractivity contribution in [3.8, 4) is 0 Å². The van der Waals surface area contributed by atoms with Crippen LogP contribution in [0, 0.1) is 0 Å². The molecular formula is C9H14N2O2. The van der Waals surface area contributed by atoms with Crippen LogP contribution in [0.5, 0.6) is 0 Å². The predicted octanol–water partition coefficient (Wildman–Crippen LogP) is 0.649. The molecule has 0 N–H and O–H groups in total. The summed E-state index contributed by atoms with van der Waals surface area (Å²) in [5.74, 6) is 0.0796. The lowest BCUT2D eigenvalue weighted by atomic mass is 10.3. The van der Waals surface area contributed by atoms with Gasteiger partial charge in [-0.2, -0.15) is 0 Å². The molecule has 72 valence electrons. The van der Waals surface area contributed by atoms with Crippen molar-refractivity contribution in [1.29, 1.82) is 0 Å². The number of aryl methyl sites for hydroxylation is 1. The van der Waals surface area contributed by atoms with Gasteiger partial charge in [-0.25, -0.2) is 4.79 Å². The van der Waals surface area contributed by atoms with Gasteiger partial charge in [0.25, 0.3) is 0 Å². The Morgan fingerprint density at radius 2 is 1.92 bits per heavy atom. The zero-order valence-electron chi connectivity index (χ0n) is 7.99. The summed E-state index contributed by atoms with van der Waals surface area (Å²) in [5.41, 5.74) is -0.107. The number of nitrogens with zero attached hydrogens (tertiary/aromatic N) is 2. The molecule has 0 saturated carbocycles. The van der Waals surface area contributed by atoms with Crippen molar-refractivity contribution < 1.29 is 4.79 Å². The highest BCUT2D eigenvalue weighted by molar-refractivity contribution is 5.77. The fraction of sp³-hybridized carbons (Fsp3) is 0.556. The molecule has 0 amide bonds. The van der Waals surface area contributed by atoms with Crippen LogP contribution in [0.2, 0.25) is 0 Å². The minimum atomic E-state index is -0.107. The van der Waals surface area contributed by atoms with E-state index in [2.05, 4.69) is 0 Å². The van der Waals surface area contributed by atoms with Crippen molar-refractivity contribution in [3.05, 3.63) is 22.9 Å². The standard InChI is InChI=1S/C9H14N2O2/c1-3-8(12)7-11-6-5-10(4-2)9(11)13/h5-6H,3-4,7H2,1-2H3. The molecule has 0 aliphatic carbocycles. The van der Waals surface area contributed by atoms with Gasteiger partial charge in [0, 0.05) is 25.4 Å². The van der Waals surface area contributed by atoms with E-state index >= 15 is 0 Å². The third kappa shape index (κ3) is 2.08. The Bertz CT molecular complexity index is 349. The van der Waals surface area contributed by atoms with Gasteiger partial charge in [0.05, 0.1) is 6.54 Å². The first kappa shape index (κ1) is 9.77. The maximum Gasteiger partial charge on any atom is 0.328 e. The number of Topliss-reactive ketones (excluding diaryl/α,β-unsaturated/α-hetero) is 1. The van der Waals surface area contributed by atoms with E-state index in [0.29, 0.717) is 13.0 Å². The van der Waals surface area contributed by atoms with Crippen LogP contribution in [-0.2, 0) is 17.9 Å². The zero-order chi connectivity index (χ0) is 9.84. The van der Waals surface area contributed by atoms with Crippen LogP contribution < -0.4 is 5.69 Å². The van der Waals surface area contributed by atoms with Gasteiger partial charge in [0.2, 0.25) is 0 Å². The summed E-state index contributed by atoms with van der Waals surface area (Å²) in [5, 5.41) is 0. The molecule has 0 aromatic carbocycles. The summed E-state index contributed by atoms with van der Waals surface area (Å²) in [6.07, 6.45) is 3.83. The Hall–Kier alpha value is -1.32. The number of hydrogen-bond donors (Lipinski definition) is 0. The quantitative estimate of drug-likeness (QED) is 0.686. The van der Waals surface area contributed by atoms with Crippen LogP contribution >= 0.6 is 0 Å². The SMILES string of the molecule is CCC(=O)Cn1ccn(CC)c1=O. The summed E-state index contributed by atoms with van der Waals surface area (Å²) in [4.78, 5) is 22.5. The van der Waals surface area contributed by atoms with Crippen molar-refractivity contribution in [2.75, 3.05) is 0 Å². The fourth-order valence-corrected chi connectivity index (χ4v) is 1.12. The van der Waals surface area contributed by atoms with Gasteiger partial charge < -0.3 is 0 Å². The third-order valence-corrected chi connectivity index (χ3v) is 2.00. The lowest BCUT2D eigenvalue weighted by molar-refractivity contribution is -0.119. The summed E-state index contributed by atoms with van der Waals surface area (Å²) in [7, 11) is 0. The highest BCUT2D eigenvalue weighted by atomic mass is 16.2. The maximum absolute atomic E-state index is 11.4. The van der Waals surface area contributed by atoms with Crippen molar-refractivity contribution in [2.45, 2.75) is 33.4 Å². The highest BCUT2D eigenvalue weighted by Crippen LogP contribution is 1.88. The van der Waals surface area contributed by atoms with Crippen molar-refractivity contribution in [2.24, 2.45) is 0 Å². The van der Waals surface area contributed by atoms with Gasteiger partial charge in [-0.05, 0) is 6.92 Å². The second kappa shape index (κ2) is 4.07. The molecule has 0 saturated heterocycles. The van der Waals surface area contributed by atoms with Gasteiger partial charge in [-0.3, -0.25) is 13.9 Å². The molecule has 4 nitrogen and oxygen atoms in total. The van der Waals surface area contributed by atoms with E-state index in [0.717, 1.165) is 0 Å². The van der Waals surface area contributed by atoms with Gasteiger partial charge in [-0.15, -0.1) is 0 Å². The van der Waals surface area contributed by atoms with Crippen molar-refractivity contribution in [1.82, 2.24) is 9.13 Å². The average Bonchev–Trinajstić information content (AvgIpc) is 2.48. The third-order valence-electron chi connectivity index (χ3n) is 2.00. The van der Waals surface area contributed by atoms with E-state index in [1.807, 2.05) is 6.92 Å². The molecule has 0 aliphatic heterocycles. The topological polar surface area (TPSA) is 44.0 Å². The lowest BCUT2D eigenvalue weighted by Crippen LogP contribution is -2.26. The lowest BCUT2D eigenvalue weighted by Gasteiger charge is -1.97. The molecule has 4 heteroatoms. The smallest absolute Gasteiger partial charge is 0.300 e. The first-order valence-corrected chi connectivity index (χ1v) is 4.46. The molecule has 0 radical (unpaired) electrons. The minimum absolute atomic E-state index is 0.0796. The number of hydrogen-bond acceptors (Lipinski definition) is 2. The van der Waals surface area contributed by atoms with E-state index in [-0.39, 0.29) is 18.0 Å². The van der Waals surface area contributed by atoms with E-state index in [9.17, 15) is 9.59 Å². The average molecular weight is 182 g/mol. The monoisotopic (exact) mass is 182 g/mol. The van der Waals surface area contributed by atoms with Gasteiger partial charge in [0.15, 0.2) is 5.78 Å². The molecule has 0 spiro atoms. The summed E-state index contributed by atoms with van der Waals surface area (Å²) in [6, 6.07) is 0. The van der Waals surface area contributed by atoms with E-state index < -0.39 is 0 Å². The molecule has 0 aliphatic rings. The van der Waals surface area contributed by atoms with E-state index in [4.69, 9.17) is 0 Å². The molecule has 0 unspecified atom stereocenters. The highest BCUT2D eigenvalue weighted by Gasteiger charge is 2.04. The summed E-state index contributed by atoms with van der Waals surface area (Å²) >= 11 is 0. The Morgan fingerprint density at radius 3 is 2.38 bits per heavy atom.